The summed E-state index contributed by atoms with van der Waals surface area (Å²) < 4.78 is 5.77. The van der Waals surface area contributed by atoms with Crippen LogP contribution in [0, 0.1) is 10.1 Å². The molecular weight excluding hydrogens is 416 g/mol. The average molecular weight is 434 g/mol. The van der Waals surface area contributed by atoms with Crippen LogP contribution in [-0.2, 0) is 4.79 Å². The van der Waals surface area contributed by atoms with E-state index in [0.717, 1.165) is 11.4 Å². The summed E-state index contributed by atoms with van der Waals surface area (Å²) in [6.07, 6.45) is 0. The Morgan fingerprint density at radius 1 is 1.10 bits per heavy atom. The van der Waals surface area contributed by atoms with Crippen molar-refractivity contribution in [3.63, 3.8) is 0 Å². The molecule has 1 N–H and O–H groups in total. The molecule has 156 valence electrons. The summed E-state index contributed by atoms with van der Waals surface area (Å²) in [5.74, 6) is 1.49. The summed E-state index contributed by atoms with van der Waals surface area (Å²) in [5.41, 5.74) is 1.90. The molecule has 0 unspecified atom stereocenters. The van der Waals surface area contributed by atoms with Gasteiger partial charge >= 0.3 is 0 Å². The Kier molecular flexibility index (Phi) is 5.85. The van der Waals surface area contributed by atoms with Gasteiger partial charge in [-0.2, -0.15) is 0 Å². The van der Waals surface area contributed by atoms with Gasteiger partial charge in [0.2, 0.25) is 5.91 Å². The van der Waals surface area contributed by atoms with Crippen LogP contribution in [0.5, 0.6) is 11.5 Å². The number of para-hydroxylation sites is 1. The number of fused-ring (bicyclic) bond motifs is 1. The fourth-order valence-electron chi connectivity index (χ4n) is 2.89. The van der Waals surface area contributed by atoms with Crippen LogP contribution in [0.15, 0.2) is 78.0 Å². The van der Waals surface area contributed by atoms with Gasteiger partial charge in [0, 0.05) is 24.9 Å². The second kappa shape index (κ2) is 8.88. The van der Waals surface area contributed by atoms with Crippen LogP contribution < -0.4 is 9.64 Å². The number of aromatic amines is 1. The maximum Gasteiger partial charge on any atom is 0.271 e. The number of hydrogen-bond acceptors (Lipinski definition) is 6. The minimum Gasteiger partial charge on any atom is -0.457 e. The third-order valence-electron chi connectivity index (χ3n) is 4.57. The van der Waals surface area contributed by atoms with E-state index in [-0.39, 0.29) is 17.3 Å². The van der Waals surface area contributed by atoms with E-state index in [9.17, 15) is 14.9 Å². The van der Waals surface area contributed by atoms with E-state index >= 15 is 0 Å². The number of H-pyrrole nitrogens is 1. The number of ether oxygens (including phenoxy) is 1. The lowest BCUT2D eigenvalue weighted by atomic mass is 10.2. The van der Waals surface area contributed by atoms with Crippen molar-refractivity contribution in [1.29, 1.82) is 0 Å². The molecule has 1 heterocycles. The third-order valence-corrected chi connectivity index (χ3v) is 5.42. The number of imidazole rings is 1. The number of nitrogens with zero attached hydrogens (tertiary/aromatic N) is 3. The Hall–Kier alpha value is -3.85. The maximum absolute atomic E-state index is 12.6. The molecule has 4 rings (SSSR count). The molecule has 0 aliphatic carbocycles. The smallest absolute Gasteiger partial charge is 0.271 e. The van der Waals surface area contributed by atoms with Crippen LogP contribution in [-0.4, -0.2) is 33.6 Å². The van der Waals surface area contributed by atoms with E-state index in [1.807, 2.05) is 54.6 Å². The quantitative estimate of drug-likeness (QED) is 0.249. The summed E-state index contributed by atoms with van der Waals surface area (Å²) >= 11 is 1.24. The van der Waals surface area contributed by atoms with Gasteiger partial charge < -0.3 is 14.6 Å². The van der Waals surface area contributed by atoms with Gasteiger partial charge in [0.25, 0.3) is 5.69 Å². The normalized spacial score (nSPS) is 10.7. The van der Waals surface area contributed by atoms with Crippen molar-refractivity contribution in [3.05, 3.63) is 82.9 Å². The number of nitrogens with one attached hydrogen (secondary N) is 1. The van der Waals surface area contributed by atoms with Gasteiger partial charge in [-0.25, -0.2) is 4.98 Å². The standard InChI is InChI=1S/C22H18N4O4S/c1-25(15-7-10-18(11-8-15)30-17-5-3-2-4-6-17)21(27)14-31-22-23-19-12-9-16(26(28)29)13-20(19)24-22/h2-13H,14H2,1H3,(H,23,24). The zero-order valence-corrected chi connectivity index (χ0v) is 17.3. The molecule has 1 amide bonds. The molecule has 0 aliphatic rings. The largest absolute Gasteiger partial charge is 0.457 e. The minimum absolute atomic E-state index is 0.0222. The number of benzene rings is 3. The van der Waals surface area contributed by atoms with Crippen LogP contribution in [0.2, 0.25) is 0 Å². The summed E-state index contributed by atoms with van der Waals surface area (Å²) in [7, 11) is 1.71. The second-order valence-electron chi connectivity index (χ2n) is 6.65. The first kappa shape index (κ1) is 20.4. The molecule has 0 atom stereocenters. The lowest BCUT2D eigenvalue weighted by Gasteiger charge is -2.17. The predicted molar refractivity (Wildman–Crippen MR) is 120 cm³/mol. The number of non-ortho nitro benzene ring substituents is 1. The number of anilines is 1. The molecule has 4 aromatic rings. The van der Waals surface area contributed by atoms with E-state index in [0.29, 0.717) is 21.9 Å². The molecule has 3 aromatic carbocycles. The van der Waals surface area contributed by atoms with Gasteiger partial charge in [0.05, 0.1) is 21.7 Å². The lowest BCUT2D eigenvalue weighted by Crippen LogP contribution is -2.27. The lowest BCUT2D eigenvalue weighted by molar-refractivity contribution is -0.384. The molecule has 0 spiro atoms. The van der Waals surface area contributed by atoms with E-state index in [1.54, 1.807) is 18.0 Å². The molecule has 0 radical (unpaired) electrons. The molecule has 31 heavy (non-hydrogen) atoms. The molecule has 0 bridgehead atoms. The first-order valence-electron chi connectivity index (χ1n) is 9.36. The first-order chi connectivity index (χ1) is 15.0. The van der Waals surface area contributed by atoms with E-state index in [2.05, 4.69) is 9.97 Å². The van der Waals surface area contributed by atoms with Crippen molar-refractivity contribution >= 4 is 40.1 Å². The van der Waals surface area contributed by atoms with Gasteiger partial charge in [-0.15, -0.1) is 0 Å². The Morgan fingerprint density at radius 3 is 2.52 bits per heavy atom. The highest BCUT2D eigenvalue weighted by Crippen LogP contribution is 2.26. The van der Waals surface area contributed by atoms with Gasteiger partial charge in [-0.05, 0) is 42.5 Å². The van der Waals surface area contributed by atoms with Crippen molar-refractivity contribution in [2.45, 2.75) is 5.16 Å². The fraction of sp³-hybridized carbons (Fsp3) is 0.0909. The fourth-order valence-corrected chi connectivity index (χ4v) is 3.68. The molecule has 0 saturated carbocycles. The Labute approximate surface area is 182 Å². The highest BCUT2D eigenvalue weighted by Gasteiger charge is 2.14. The molecule has 0 aliphatic heterocycles. The number of nitro benzene ring substituents is 1. The molecule has 1 aromatic heterocycles. The van der Waals surface area contributed by atoms with Gasteiger partial charge in [-0.1, -0.05) is 30.0 Å². The average Bonchev–Trinajstić information content (AvgIpc) is 3.20. The van der Waals surface area contributed by atoms with Gasteiger partial charge in [-0.3, -0.25) is 14.9 Å². The number of hydrogen-bond donors (Lipinski definition) is 1. The van der Waals surface area contributed by atoms with Crippen LogP contribution >= 0.6 is 11.8 Å². The molecule has 9 heteroatoms. The summed E-state index contributed by atoms with van der Waals surface area (Å²) in [4.78, 5) is 32.0. The highest BCUT2D eigenvalue weighted by molar-refractivity contribution is 7.99. The second-order valence-corrected chi connectivity index (χ2v) is 7.62. The zero-order chi connectivity index (χ0) is 21.8. The Morgan fingerprint density at radius 2 is 1.81 bits per heavy atom. The monoisotopic (exact) mass is 434 g/mol. The SMILES string of the molecule is CN(C(=O)CSc1nc2cc([N+](=O)[O-])ccc2[nH]1)c1ccc(Oc2ccccc2)cc1. The van der Waals surface area contributed by atoms with Crippen LogP contribution in [0.4, 0.5) is 11.4 Å². The van der Waals surface area contributed by atoms with Crippen molar-refractivity contribution in [1.82, 2.24) is 9.97 Å². The van der Waals surface area contributed by atoms with Gasteiger partial charge in [0.15, 0.2) is 5.16 Å². The third kappa shape index (κ3) is 4.84. The maximum atomic E-state index is 12.6. The number of carbonyl (C=O) groups excluding carboxylic acids is 1. The molecule has 8 nitrogen and oxygen atoms in total. The molecule has 0 fully saturated rings. The number of rotatable bonds is 7. The number of aromatic nitrogens is 2. The minimum atomic E-state index is -0.463. The van der Waals surface area contributed by atoms with Crippen molar-refractivity contribution in [2.24, 2.45) is 0 Å². The molecular formula is C22H18N4O4S. The number of amides is 1. The summed E-state index contributed by atoms with van der Waals surface area (Å²) in [5, 5.41) is 11.4. The number of nitro groups is 1. The predicted octanol–water partition coefficient (Wildman–Crippen LogP) is 5.02. The molecule has 0 saturated heterocycles. The first-order valence-corrected chi connectivity index (χ1v) is 10.3. The Balaban J connectivity index is 1.37. The summed E-state index contributed by atoms with van der Waals surface area (Å²) in [6.45, 7) is 0. The number of carbonyl (C=O) groups is 1. The van der Waals surface area contributed by atoms with Gasteiger partial charge in [0.1, 0.15) is 11.5 Å². The van der Waals surface area contributed by atoms with Crippen molar-refractivity contribution in [3.8, 4) is 11.5 Å². The van der Waals surface area contributed by atoms with Crippen molar-refractivity contribution < 1.29 is 14.5 Å². The topological polar surface area (TPSA) is 101 Å². The van der Waals surface area contributed by atoms with E-state index < -0.39 is 4.92 Å². The summed E-state index contributed by atoms with van der Waals surface area (Å²) in [6, 6.07) is 21.2. The van der Waals surface area contributed by atoms with Crippen LogP contribution in [0.3, 0.4) is 0 Å². The van der Waals surface area contributed by atoms with Crippen LogP contribution in [0.25, 0.3) is 11.0 Å². The van der Waals surface area contributed by atoms with E-state index in [1.165, 1.54) is 23.9 Å². The highest BCUT2D eigenvalue weighted by atomic mass is 32.2. The van der Waals surface area contributed by atoms with E-state index in [4.69, 9.17) is 4.74 Å². The van der Waals surface area contributed by atoms with Crippen molar-refractivity contribution in [2.75, 3.05) is 17.7 Å². The number of thioether (sulfide) groups is 1. The Bertz CT molecular complexity index is 1230. The van der Waals surface area contributed by atoms with Crippen LogP contribution in [0.1, 0.15) is 0 Å². The zero-order valence-electron chi connectivity index (χ0n) is 16.5.